The minimum absolute atomic E-state index is 0.0582. The second kappa shape index (κ2) is 7.99. The van der Waals surface area contributed by atoms with Crippen LogP contribution in [0.3, 0.4) is 0 Å². The third-order valence-corrected chi connectivity index (χ3v) is 4.30. The van der Waals surface area contributed by atoms with Crippen molar-refractivity contribution in [3.05, 3.63) is 63.6 Å². The minimum atomic E-state index is 0.0582. The van der Waals surface area contributed by atoms with Gasteiger partial charge in [0, 0.05) is 29.7 Å². The average Bonchev–Trinajstić information content (AvgIpc) is 2.49. The van der Waals surface area contributed by atoms with Crippen LogP contribution < -0.4 is 10.6 Å². The van der Waals surface area contributed by atoms with Crippen LogP contribution in [-0.4, -0.2) is 12.5 Å². The van der Waals surface area contributed by atoms with Crippen LogP contribution >= 0.6 is 15.9 Å². The van der Waals surface area contributed by atoms with E-state index in [0.717, 1.165) is 15.7 Å². The standard InChI is InChI=1S/C18H21BrN2O/c1-13-4-3-5-15(10-13)12-21-18(22)8-9-20-16-6-7-17(19)14(2)11-16/h3-7,10-11,20H,8-9,12H2,1-2H3,(H,21,22). The lowest BCUT2D eigenvalue weighted by Crippen LogP contribution is -2.24. The molecule has 2 rings (SSSR count). The summed E-state index contributed by atoms with van der Waals surface area (Å²) in [6, 6.07) is 14.2. The van der Waals surface area contributed by atoms with Gasteiger partial charge in [-0.3, -0.25) is 4.79 Å². The highest BCUT2D eigenvalue weighted by atomic mass is 79.9. The smallest absolute Gasteiger partial charge is 0.222 e. The number of rotatable bonds is 6. The van der Waals surface area contributed by atoms with Crippen LogP contribution in [0.15, 0.2) is 46.9 Å². The second-order valence-corrected chi connectivity index (χ2v) is 6.26. The fourth-order valence-electron chi connectivity index (χ4n) is 2.19. The van der Waals surface area contributed by atoms with Crippen LogP contribution in [0.5, 0.6) is 0 Å². The number of carbonyl (C=O) groups excluding carboxylic acids is 1. The summed E-state index contributed by atoms with van der Waals surface area (Å²) in [5.74, 6) is 0.0582. The third kappa shape index (κ3) is 5.19. The Morgan fingerprint density at radius 3 is 2.68 bits per heavy atom. The topological polar surface area (TPSA) is 41.1 Å². The number of hydrogen-bond acceptors (Lipinski definition) is 2. The summed E-state index contributed by atoms with van der Waals surface area (Å²) in [6.07, 6.45) is 0.459. The molecular formula is C18H21BrN2O. The summed E-state index contributed by atoms with van der Waals surface area (Å²) in [7, 11) is 0. The van der Waals surface area contributed by atoms with E-state index in [9.17, 15) is 4.79 Å². The van der Waals surface area contributed by atoms with E-state index in [2.05, 4.69) is 51.7 Å². The number of amides is 1. The molecule has 0 spiro atoms. The Kier molecular flexibility index (Phi) is 6.01. The van der Waals surface area contributed by atoms with Gasteiger partial charge in [-0.05, 0) is 43.2 Å². The molecule has 0 aliphatic rings. The van der Waals surface area contributed by atoms with Gasteiger partial charge in [0.2, 0.25) is 5.91 Å². The zero-order chi connectivity index (χ0) is 15.9. The number of hydrogen-bond donors (Lipinski definition) is 2. The van der Waals surface area contributed by atoms with Crippen LogP contribution in [0.25, 0.3) is 0 Å². The highest BCUT2D eigenvalue weighted by molar-refractivity contribution is 9.10. The lowest BCUT2D eigenvalue weighted by Gasteiger charge is -2.09. The van der Waals surface area contributed by atoms with Gasteiger partial charge in [-0.15, -0.1) is 0 Å². The largest absolute Gasteiger partial charge is 0.385 e. The van der Waals surface area contributed by atoms with Crippen LogP contribution in [-0.2, 0) is 11.3 Å². The second-order valence-electron chi connectivity index (χ2n) is 5.41. The monoisotopic (exact) mass is 360 g/mol. The van der Waals surface area contributed by atoms with Gasteiger partial charge < -0.3 is 10.6 Å². The molecule has 1 amide bonds. The highest BCUT2D eigenvalue weighted by Gasteiger charge is 2.02. The number of halogens is 1. The summed E-state index contributed by atoms with van der Waals surface area (Å²) in [6.45, 7) is 5.30. The van der Waals surface area contributed by atoms with Crippen molar-refractivity contribution in [3.63, 3.8) is 0 Å². The first-order valence-electron chi connectivity index (χ1n) is 7.37. The summed E-state index contributed by atoms with van der Waals surface area (Å²) in [5.41, 5.74) is 4.55. The van der Waals surface area contributed by atoms with E-state index in [0.29, 0.717) is 19.5 Å². The Morgan fingerprint density at radius 1 is 1.14 bits per heavy atom. The maximum absolute atomic E-state index is 11.9. The lowest BCUT2D eigenvalue weighted by molar-refractivity contribution is -0.121. The van der Waals surface area contributed by atoms with Gasteiger partial charge in [0.1, 0.15) is 0 Å². The molecule has 0 radical (unpaired) electrons. The fourth-order valence-corrected chi connectivity index (χ4v) is 2.43. The molecule has 0 saturated heterocycles. The van der Waals surface area contributed by atoms with E-state index in [4.69, 9.17) is 0 Å². The van der Waals surface area contributed by atoms with Gasteiger partial charge >= 0.3 is 0 Å². The van der Waals surface area contributed by atoms with E-state index in [-0.39, 0.29) is 5.91 Å². The summed E-state index contributed by atoms with van der Waals surface area (Å²) >= 11 is 3.48. The molecule has 2 aromatic carbocycles. The Hall–Kier alpha value is -1.81. The molecule has 0 fully saturated rings. The van der Waals surface area contributed by atoms with E-state index >= 15 is 0 Å². The van der Waals surface area contributed by atoms with Crippen molar-refractivity contribution in [2.45, 2.75) is 26.8 Å². The Balaban J connectivity index is 1.72. The van der Waals surface area contributed by atoms with Gasteiger partial charge in [-0.2, -0.15) is 0 Å². The molecule has 0 bridgehead atoms. The van der Waals surface area contributed by atoms with Crippen LogP contribution in [0, 0.1) is 13.8 Å². The highest BCUT2D eigenvalue weighted by Crippen LogP contribution is 2.19. The van der Waals surface area contributed by atoms with Crippen LogP contribution in [0.4, 0.5) is 5.69 Å². The van der Waals surface area contributed by atoms with Crippen molar-refractivity contribution in [1.82, 2.24) is 5.32 Å². The van der Waals surface area contributed by atoms with Gasteiger partial charge in [0.05, 0.1) is 0 Å². The first-order chi connectivity index (χ1) is 10.5. The Bertz CT molecular complexity index is 655. The molecule has 0 aromatic heterocycles. The molecule has 22 heavy (non-hydrogen) atoms. The molecular weight excluding hydrogens is 340 g/mol. The van der Waals surface area contributed by atoms with Crippen molar-refractivity contribution >= 4 is 27.5 Å². The molecule has 0 unspecified atom stereocenters. The molecule has 2 N–H and O–H groups in total. The first-order valence-corrected chi connectivity index (χ1v) is 8.16. The quantitative estimate of drug-likeness (QED) is 0.810. The average molecular weight is 361 g/mol. The SMILES string of the molecule is Cc1cccc(CNC(=O)CCNc2ccc(Br)c(C)c2)c1. The Labute approximate surface area is 140 Å². The molecule has 0 atom stereocenters. The van der Waals surface area contributed by atoms with E-state index in [1.54, 1.807) is 0 Å². The van der Waals surface area contributed by atoms with Gasteiger partial charge in [0.25, 0.3) is 0 Å². The summed E-state index contributed by atoms with van der Waals surface area (Å²) < 4.78 is 1.09. The number of carbonyl (C=O) groups is 1. The fraction of sp³-hybridized carbons (Fsp3) is 0.278. The summed E-state index contributed by atoms with van der Waals surface area (Å²) in [4.78, 5) is 11.9. The van der Waals surface area contributed by atoms with Crippen molar-refractivity contribution in [2.24, 2.45) is 0 Å². The number of aryl methyl sites for hydroxylation is 2. The molecule has 4 heteroatoms. The van der Waals surface area contributed by atoms with Crippen LogP contribution in [0.1, 0.15) is 23.1 Å². The molecule has 2 aromatic rings. The van der Waals surface area contributed by atoms with E-state index < -0.39 is 0 Å². The first kappa shape index (κ1) is 16.6. The van der Waals surface area contributed by atoms with Crippen LogP contribution in [0.2, 0.25) is 0 Å². The van der Waals surface area contributed by atoms with Gasteiger partial charge in [-0.25, -0.2) is 0 Å². The third-order valence-electron chi connectivity index (χ3n) is 3.41. The zero-order valence-corrected chi connectivity index (χ0v) is 14.5. The van der Waals surface area contributed by atoms with Crippen molar-refractivity contribution in [1.29, 1.82) is 0 Å². The maximum atomic E-state index is 11.9. The van der Waals surface area contributed by atoms with Gasteiger partial charge in [-0.1, -0.05) is 45.8 Å². The van der Waals surface area contributed by atoms with Crippen molar-refractivity contribution < 1.29 is 4.79 Å². The van der Waals surface area contributed by atoms with E-state index in [1.807, 2.05) is 31.2 Å². The lowest BCUT2D eigenvalue weighted by atomic mass is 10.1. The predicted octanol–water partition coefficient (Wildman–Crippen LogP) is 4.18. The molecule has 0 aliphatic heterocycles. The molecule has 0 aliphatic carbocycles. The minimum Gasteiger partial charge on any atom is -0.385 e. The number of anilines is 1. The normalized spacial score (nSPS) is 10.3. The maximum Gasteiger partial charge on any atom is 0.222 e. The Morgan fingerprint density at radius 2 is 1.95 bits per heavy atom. The number of benzene rings is 2. The number of nitrogens with one attached hydrogen (secondary N) is 2. The predicted molar refractivity (Wildman–Crippen MR) is 95.0 cm³/mol. The molecule has 116 valence electrons. The molecule has 0 heterocycles. The molecule has 3 nitrogen and oxygen atoms in total. The zero-order valence-electron chi connectivity index (χ0n) is 12.9. The van der Waals surface area contributed by atoms with Crippen molar-refractivity contribution in [2.75, 3.05) is 11.9 Å². The van der Waals surface area contributed by atoms with Gasteiger partial charge in [0.15, 0.2) is 0 Å². The summed E-state index contributed by atoms with van der Waals surface area (Å²) in [5, 5.41) is 6.22. The van der Waals surface area contributed by atoms with Crippen molar-refractivity contribution in [3.8, 4) is 0 Å². The molecule has 0 saturated carbocycles. The van der Waals surface area contributed by atoms with E-state index in [1.165, 1.54) is 11.1 Å².